The highest BCUT2D eigenvalue weighted by Crippen LogP contribution is 2.18. The van der Waals surface area contributed by atoms with Crippen molar-refractivity contribution in [3.05, 3.63) is 16.1 Å². The van der Waals surface area contributed by atoms with Gasteiger partial charge in [0, 0.05) is 17.2 Å². The van der Waals surface area contributed by atoms with Crippen molar-refractivity contribution in [3.63, 3.8) is 0 Å². The monoisotopic (exact) mass is 271 g/mol. The zero-order valence-electron chi connectivity index (χ0n) is 9.86. The molecule has 1 aromatic heterocycles. The Balaban J connectivity index is 1.66. The quantitative estimate of drug-likeness (QED) is 0.786. The van der Waals surface area contributed by atoms with E-state index in [1.54, 1.807) is 23.1 Å². The van der Waals surface area contributed by atoms with Crippen LogP contribution in [0.2, 0.25) is 0 Å². The van der Waals surface area contributed by atoms with Gasteiger partial charge in [0.25, 0.3) is 0 Å². The lowest BCUT2D eigenvalue weighted by molar-refractivity contribution is -0.120. The van der Waals surface area contributed by atoms with Crippen molar-refractivity contribution < 1.29 is 4.79 Å². The highest BCUT2D eigenvalue weighted by Gasteiger charge is 2.20. The van der Waals surface area contributed by atoms with Gasteiger partial charge in [0.15, 0.2) is 0 Å². The predicted molar refractivity (Wildman–Crippen MR) is 72.2 cm³/mol. The summed E-state index contributed by atoms with van der Waals surface area (Å²) in [4.78, 5) is 15.9. The van der Waals surface area contributed by atoms with Crippen molar-refractivity contribution in [1.29, 1.82) is 0 Å². The summed E-state index contributed by atoms with van der Waals surface area (Å²) in [7, 11) is 0. The summed E-state index contributed by atoms with van der Waals surface area (Å²) >= 11 is 3.42. The maximum Gasteiger partial charge on any atom is 0.234 e. The van der Waals surface area contributed by atoms with E-state index in [9.17, 15) is 4.79 Å². The number of hydrogen-bond donors (Lipinski definition) is 2. The Morgan fingerprint density at radius 2 is 2.47 bits per heavy atom. The average molecular weight is 271 g/mol. The molecule has 6 heteroatoms. The number of thiazole rings is 1. The molecule has 0 atom stereocenters. The third kappa shape index (κ3) is 4.65. The maximum absolute atomic E-state index is 11.5. The summed E-state index contributed by atoms with van der Waals surface area (Å²) in [6, 6.07) is 0.577. The largest absolute Gasteiger partial charge is 0.349 e. The van der Waals surface area contributed by atoms with Crippen LogP contribution in [0.4, 0.5) is 0 Å². The van der Waals surface area contributed by atoms with Crippen LogP contribution in [0.5, 0.6) is 0 Å². The number of rotatable bonds is 7. The van der Waals surface area contributed by atoms with Crippen LogP contribution in [0.25, 0.3) is 0 Å². The SMILES string of the molecule is CSCc1nc(CNC(=O)CNC2CC2)cs1. The number of hydrogen-bond acceptors (Lipinski definition) is 5. The Labute approximate surface area is 110 Å². The van der Waals surface area contributed by atoms with Crippen LogP contribution < -0.4 is 10.6 Å². The first-order valence-corrected chi connectivity index (χ1v) is 7.97. The van der Waals surface area contributed by atoms with Gasteiger partial charge in [-0.2, -0.15) is 11.8 Å². The lowest BCUT2D eigenvalue weighted by atomic mass is 10.4. The number of carbonyl (C=O) groups excluding carboxylic acids is 1. The summed E-state index contributed by atoms with van der Waals surface area (Å²) in [6.07, 6.45) is 4.47. The zero-order valence-corrected chi connectivity index (χ0v) is 11.5. The normalized spacial score (nSPS) is 14.9. The Kier molecular flexibility index (Phi) is 4.82. The average Bonchev–Trinajstić information content (AvgIpc) is 3.05. The van der Waals surface area contributed by atoms with Crippen LogP contribution in [0.1, 0.15) is 23.5 Å². The van der Waals surface area contributed by atoms with E-state index in [4.69, 9.17) is 0 Å². The Morgan fingerprint density at radius 3 is 3.18 bits per heavy atom. The Morgan fingerprint density at radius 1 is 1.65 bits per heavy atom. The van der Waals surface area contributed by atoms with Crippen molar-refractivity contribution in [2.24, 2.45) is 0 Å². The fourth-order valence-electron chi connectivity index (χ4n) is 1.40. The van der Waals surface area contributed by atoms with Gasteiger partial charge in [-0.05, 0) is 19.1 Å². The van der Waals surface area contributed by atoms with E-state index in [1.165, 1.54) is 12.8 Å². The van der Waals surface area contributed by atoms with Crippen molar-refractivity contribution in [1.82, 2.24) is 15.6 Å². The van der Waals surface area contributed by atoms with Gasteiger partial charge in [-0.25, -0.2) is 4.98 Å². The molecule has 1 aromatic rings. The third-order valence-electron chi connectivity index (χ3n) is 2.46. The van der Waals surface area contributed by atoms with Gasteiger partial charge < -0.3 is 10.6 Å². The summed E-state index contributed by atoms with van der Waals surface area (Å²) < 4.78 is 0. The van der Waals surface area contributed by atoms with Gasteiger partial charge >= 0.3 is 0 Å². The molecule has 2 rings (SSSR count). The minimum atomic E-state index is 0.0521. The molecule has 0 saturated heterocycles. The third-order valence-corrected chi connectivity index (χ3v) is 4.10. The van der Waals surface area contributed by atoms with Crippen LogP contribution in [0.15, 0.2) is 5.38 Å². The molecule has 1 heterocycles. The first-order chi connectivity index (χ1) is 8.28. The molecule has 1 saturated carbocycles. The molecule has 0 unspecified atom stereocenters. The van der Waals surface area contributed by atoms with Crippen molar-refractivity contribution in [2.45, 2.75) is 31.2 Å². The molecule has 0 aromatic carbocycles. The molecule has 0 radical (unpaired) electrons. The van der Waals surface area contributed by atoms with E-state index in [2.05, 4.69) is 21.9 Å². The van der Waals surface area contributed by atoms with Gasteiger partial charge in [-0.15, -0.1) is 11.3 Å². The first-order valence-electron chi connectivity index (χ1n) is 5.70. The summed E-state index contributed by atoms with van der Waals surface area (Å²) in [6.45, 7) is 0.961. The molecule has 0 spiro atoms. The minimum absolute atomic E-state index is 0.0521. The minimum Gasteiger partial charge on any atom is -0.349 e. The first kappa shape index (κ1) is 12.9. The number of aromatic nitrogens is 1. The van der Waals surface area contributed by atoms with Gasteiger partial charge in [0.1, 0.15) is 5.01 Å². The molecular formula is C11H17N3OS2. The van der Waals surface area contributed by atoms with Gasteiger partial charge in [-0.3, -0.25) is 4.79 Å². The van der Waals surface area contributed by atoms with E-state index in [1.807, 2.05) is 5.38 Å². The van der Waals surface area contributed by atoms with E-state index >= 15 is 0 Å². The van der Waals surface area contributed by atoms with E-state index in [-0.39, 0.29) is 5.91 Å². The Hall–Kier alpha value is -0.590. The lowest BCUT2D eigenvalue weighted by Gasteiger charge is -2.03. The van der Waals surface area contributed by atoms with Crippen molar-refractivity contribution in [2.75, 3.05) is 12.8 Å². The molecule has 1 amide bonds. The molecule has 1 aliphatic rings. The molecule has 1 fully saturated rings. The van der Waals surface area contributed by atoms with Crippen LogP contribution in [-0.4, -0.2) is 29.7 Å². The van der Waals surface area contributed by atoms with E-state index < -0.39 is 0 Å². The van der Waals surface area contributed by atoms with Crippen molar-refractivity contribution in [3.8, 4) is 0 Å². The van der Waals surface area contributed by atoms with E-state index in [0.29, 0.717) is 19.1 Å². The van der Waals surface area contributed by atoms with Gasteiger partial charge in [0.05, 0.1) is 18.8 Å². The standard InChI is InChI=1S/C11H17N3OS2/c1-16-7-11-14-9(6-17-11)4-13-10(15)5-12-8-2-3-8/h6,8,12H,2-5,7H2,1H3,(H,13,15). The van der Waals surface area contributed by atoms with Crippen LogP contribution in [0.3, 0.4) is 0 Å². The second-order valence-electron chi connectivity index (χ2n) is 4.10. The van der Waals surface area contributed by atoms with Crippen LogP contribution in [-0.2, 0) is 17.1 Å². The van der Waals surface area contributed by atoms with Crippen LogP contribution >= 0.6 is 23.1 Å². The number of nitrogens with one attached hydrogen (secondary N) is 2. The maximum atomic E-state index is 11.5. The number of carbonyl (C=O) groups is 1. The molecule has 2 N–H and O–H groups in total. The highest BCUT2D eigenvalue weighted by molar-refractivity contribution is 7.97. The molecule has 1 aliphatic carbocycles. The molecule has 17 heavy (non-hydrogen) atoms. The zero-order chi connectivity index (χ0) is 12.1. The molecule has 0 aliphatic heterocycles. The second-order valence-corrected chi connectivity index (χ2v) is 5.91. The smallest absolute Gasteiger partial charge is 0.234 e. The summed E-state index contributed by atoms with van der Waals surface area (Å²) in [5.74, 6) is 0.998. The predicted octanol–water partition coefficient (Wildman–Crippen LogP) is 1.37. The second kappa shape index (κ2) is 6.37. The van der Waals surface area contributed by atoms with Gasteiger partial charge in [0.2, 0.25) is 5.91 Å². The summed E-state index contributed by atoms with van der Waals surface area (Å²) in [5, 5.41) is 9.20. The van der Waals surface area contributed by atoms with Crippen molar-refractivity contribution >= 4 is 29.0 Å². The number of amides is 1. The molecule has 4 nitrogen and oxygen atoms in total. The summed E-state index contributed by atoms with van der Waals surface area (Å²) in [5.41, 5.74) is 0.957. The molecular weight excluding hydrogens is 254 g/mol. The fourth-order valence-corrected chi connectivity index (χ4v) is 2.91. The Bertz CT molecular complexity index is 377. The highest BCUT2D eigenvalue weighted by atomic mass is 32.2. The van der Waals surface area contributed by atoms with Gasteiger partial charge in [-0.1, -0.05) is 0 Å². The van der Waals surface area contributed by atoms with E-state index in [0.717, 1.165) is 16.5 Å². The number of nitrogens with zero attached hydrogens (tertiary/aromatic N) is 1. The fraction of sp³-hybridized carbons (Fsp3) is 0.636. The number of thioether (sulfide) groups is 1. The lowest BCUT2D eigenvalue weighted by Crippen LogP contribution is -2.34. The molecule has 94 valence electrons. The molecule has 0 bridgehead atoms. The van der Waals surface area contributed by atoms with Crippen LogP contribution in [0, 0.1) is 0 Å². The topological polar surface area (TPSA) is 54.0 Å².